The van der Waals surface area contributed by atoms with Crippen molar-refractivity contribution in [1.29, 1.82) is 0 Å². The average molecular weight is 502 g/mol. The lowest BCUT2D eigenvalue weighted by Gasteiger charge is -2.33. The van der Waals surface area contributed by atoms with Gasteiger partial charge in [-0.2, -0.15) is 0 Å². The number of benzene rings is 2. The molecule has 0 radical (unpaired) electrons. The molecule has 7 nitrogen and oxygen atoms in total. The first-order valence-corrected chi connectivity index (χ1v) is 13.9. The molecule has 0 saturated heterocycles. The van der Waals surface area contributed by atoms with Gasteiger partial charge in [-0.1, -0.05) is 55.8 Å². The predicted octanol–water partition coefficient (Wildman–Crippen LogP) is 4.10. The zero-order chi connectivity index (χ0) is 26.3. The van der Waals surface area contributed by atoms with Crippen molar-refractivity contribution in [2.45, 2.75) is 73.0 Å². The van der Waals surface area contributed by atoms with Crippen LogP contribution in [-0.4, -0.2) is 50.0 Å². The van der Waals surface area contributed by atoms with Crippen LogP contribution in [0.3, 0.4) is 0 Å². The Labute approximate surface area is 210 Å². The van der Waals surface area contributed by atoms with Gasteiger partial charge >= 0.3 is 0 Å². The summed E-state index contributed by atoms with van der Waals surface area (Å²) >= 11 is 0. The molecule has 2 aromatic carbocycles. The summed E-state index contributed by atoms with van der Waals surface area (Å²) in [4.78, 5) is 28.4. The molecule has 0 aliphatic carbocycles. The number of amides is 2. The molecule has 0 unspecified atom stereocenters. The van der Waals surface area contributed by atoms with Crippen molar-refractivity contribution in [1.82, 2.24) is 10.2 Å². The highest BCUT2D eigenvalue weighted by atomic mass is 32.2. The van der Waals surface area contributed by atoms with Gasteiger partial charge in [0.25, 0.3) is 0 Å². The largest absolute Gasteiger partial charge is 0.352 e. The quantitative estimate of drug-likeness (QED) is 0.502. The second kappa shape index (κ2) is 12.2. The maximum Gasteiger partial charge on any atom is 0.244 e. The van der Waals surface area contributed by atoms with Gasteiger partial charge in [0.05, 0.1) is 11.9 Å². The molecule has 1 N–H and O–H groups in total. The van der Waals surface area contributed by atoms with Crippen molar-refractivity contribution >= 4 is 27.5 Å². The second-order valence-corrected chi connectivity index (χ2v) is 11.1. The molecule has 0 bridgehead atoms. The maximum atomic E-state index is 13.8. The van der Waals surface area contributed by atoms with Gasteiger partial charge in [0.1, 0.15) is 12.6 Å². The van der Waals surface area contributed by atoms with E-state index in [1.54, 1.807) is 12.1 Å². The summed E-state index contributed by atoms with van der Waals surface area (Å²) in [6.07, 6.45) is 2.27. The lowest BCUT2D eigenvalue weighted by Crippen LogP contribution is -2.53. The monoisotopic (exact) mass is 501 g/mol. The molecule has 2 aromatic rings. The van der Waals surface area contributed by atoms with Crippen LogP contribution in [0.4, 0.5) is 5.69 Å². The van der Waals surface area contributed by atoms with Crippen molar-refractivity contribution in [3.63, 3.8) is 0 Å². The van der Waals surface area contributed by atoms with E-state index < -0.39 is 22.0 Å². The minimum Gasteiger partial charge on any atom is -0.352 e. The fraction of sp³-hybridized carbons (Fsp3) is 0.481. The Kier molecular flexibility index (Phi) is 9.89. The van der Waals surface area contributed by atoms with Crippen LogP contribution in [0, 0.1) is 20.8 Å². The molecule has 0 heterocycles. The van der Waals surface area contributed by atoms with Gasteiger partial charge < -0.3 is 10.2 Å². The second-order valence-electron chi connectivity index (χ2n) is 9.24. The van der Waals surface area contributed by atoms with Gasteiger partial charge in [-0.05, 0) is 63.3 Å². The van der Waals surface area contributed by atoms with Crippen molar-refractivity contribution in [3.8, 4) is 0 Å². The van der Waals surface area contributed by atoms with Crippen molar-refractivity contribution in [3.05, 3.63) is 64.7 Å². The topological polar surface area (TPSA) is 86.8 Å². The van der Waals surface area contributed by atoms with Crippen LogP contribution in [0.1, 0.15) is 55.9 Å². The van der Waals surface area contributed by atoms with Gasteiger partial charge in [0, 0.05) is 12.6 Å². The van der Waals surface area contributed by atoms with Crippen molar-refractivity contribution in [2.75, 3.05) is 17.1 Å². The van der Waals surface area contributed by atoms with E-state index >= 15 is 0 Å². The Bertz CT molecular complexity index is 1150. The number of nitrogens with zero attached hydrogens (tertiary/aromatic N) is 2. The SMILES string of the molecule is CC[C@@H](C)NC(=O)[C@H](CC)N(Cc1cccc(C)c1)C(=O)CN(c1cccc(C)c1C)S(C)(=O)=O. The number of sulfonamides is 1. The smallest absolute Gasteiger partial charge is 0.244 e. The molecule has 0 spiro atoms. The fourth-order valence-corrected chi connectivity index (χ4v) is 4.87. The first kappa shape index (κ1) is 28.4. The number of carbonyl (C=O) groups excluding carboxylic acids is 2. The van der Waals surface area contributed by atoms with E-state index in [0.717, 1.165) is 39.2 Å². The number of carbonyl (C=O) groups is 2. The third-order valence-electron chi connectivity index (χ3n) is 6.35. The van der Waals surface area contributed by atoms with Crippen molar-refractivity contribution < 1.29 is 18.0 Å². The zero-order valence-electron chi connectivity index (χ0n) is 22.0. The Morgan fingerprint density at radius 3 is 2.23 bits per heavy atom. The highest BCUT2D eigenvalue weighted by Crippen LogP contribution is 2.25. The lowest BCUT2D eigenvalue weighted by atomic mass is 10.1. The van der Waals surface area contributed by atoms with E-state index in [2.05, 4.69) is 5.32 Å². The molecule has 35 heavy (non-hydrogen) atoms. The van der Waals surface area contributed by atoms with Crippen LogP contribution in [-0.2, 0) is 26.2 Å². The van der Waals surface area contributed by atoms with Crippen molar-refractivity contribution in [2.24, 2.45) is 0 Å². The molecule has 8 heteroatoms. The molecular weight excluding hydrogens is 462 g/mol. The summed E-state index contributed by atoms with van der Waals surface area (Å²) in [5.74, 6) is -0.663. The normalized spacial score (nSPS) is 13.1. The van der Waals surface area contributed by atoms with Crippen LogP contribution in [0.2, 0.25) is 0 Å². The van der Waals surface area contributed by atoms with Crippen LogP contribution < -0.4 is 9.62 Å². The van der Waals surface area contributed by atoms with E-state index in [0.29, 0.717) is 12.1 Å². The first-order valence-electron chi connectivity index (χ1n) is 12.1. The molecule has 0 fully saturated rings. The number of hydrogen-bond acceptors (Lipinski definition) is 4. The summed E-state index contributed by atoms with van der Waals surface area (Å²) in [5, 5.41) is 2.98. The fourth-order valence-electron chi connectivity index (χ4n) is 3.97. The molecule has 192 valence electrons. The predicted molar refractivity (Wildman–Crippen MR) is 142 cm³/mol. The first-order chi connectivity index (χ1) is 16.4. The molecule has 2 rings (SSSR count). The molecule has 2 amide bonds. The molecule has 0 aliphatic heterocycles. The summed E-state index contributed by atoms with van der Waals surface area (Å²) in [6, 6.07) is 12.4. The van der Waals surface area contributed by atoms with Crippen LogP contribution >= 0.6 is 0 Å². The molecule has 0 saturated carbocycles. The number of aryl methyl sites for hydroxylation is 2. The highest BCUT2D eigenvalue weighted by Gasteiger charge is 2.32. The van der Waals surface area contributed by atoms with Crippen LogP contribution in [0.25, 0.3) is 0 Å². The summed E-state index contributed by atoms with van der Waals surface area (Å²) < 4.78 is 26.7. The van der Waals surface area contributed by atoms with Gasteiger partial charge in [0.2, 0.25) is 21.8 Å². The number of anilines is 1. The van der Waals surface area contributed by atoms with E-state index in [1.807, 2.05) is 71.9 Å². The van der Waals surface area contributed by atoms with Gasteiger partial charge in [-0.15, -0.1) is 0 Å². The molecular formula is C27H39N3O4S. The summed E-state index contributed by atoms with van der Waals surface area (Å²) in [6.45, 7) is 11.3. The van der Waals surface area contributed by atoms with E-state index in [4.69, 9.17) is 0 Å². The molecule has 0 aliphatic rings. The van der Waals surface area contributed by atoms with Crippen LogP contribution in [0.5, 0.6) is 0 Å². The number of rotatable bonds is 11. The van der Waals surface area contributed by atoms with E-state index in [-0.39, 0.29) is 25.0 Å². The van der Waals surface area contributed by atoms with E-state index in [9.17, 15) is 18.0 Å². The van der Waals surface area contributed by atoms with Gasteiger partial charge in [-0.3, -0.25) is 13.9 Å². The summed E-state index contributed by atoms with van der Waals surface area (Å²) in [7, 11) is -3.76. The van der Waals surface area contributed by atoms with Gasteiger partial charge in [-0.25, -0.2) is 8.42 Å². The zero-order valence-corrected chi connectivity index (χ0v) is 22.8. The Balaban J connectivity index is 2.49. The maximum absolute atomic E-state index is 13.8. The Hall–Kier alpha value is -2.87. The average Bonchev–Trinajstić information content (AvgIpc) is 2.78. The van der Waals surface area contributed by atoms with Crippen LogP contribution in [0.15, 0.2) is 42.5 Å². The minimum atomic E-state index is -3.76. The molecule has 0 aromatic heterocycles. The Morgan fingerprint density at radius 2 is 1.66 bits per heavy atom. The highest BCUT2D eigenvalue weighted by molar-refractivity contribution is 7.92. The lowest BCUT2D eigenvalue weighted by molar-refractivity contribution is -0.140. The summed E-state index contributed by atoms with van der Waals surface area (Å²) in [5.41, 5.74) is 4.11. The third-order valence-corrected chi connectivity index (χ3v) is 7.47. The Morgan fingerprint density at radius 1 is 1.00 bits per heavy atom. The van der Waals surface area contributed by atoms with E-state index in [1.165, 1.54) is 4.90 Å². The molecule has 2 atom stereocenters. The number of nitrogens with one attached hydrogen (secondary N) is 1. The standard InChI is InChI=1S/C27H39N3O4S/c1-8-21(5)28-27(32)24(9-2)29(17-23-14-10-12-19(3)16-23)26(31)18-30(35(7,33)34)25-15-11-13-20(4)22(25)6/h10-16,21,24H,8-9,17-18H2,1-7H3,(H,28,32)/t21-,24+/m1/s1. The minimum absolute atomic E-state index is 0.0325. The van der Waals surface area contributed by atoms with Gasteiger partial charge in [0.15, 0.2) is 0 Å². The number of hydrogen-bond donors (Lipinski definition) is 1. The third kappa shape index (κ3) is 7.56.